The Kier molecular flexibility index (Phi) is 4.91. The van der Waals surface area contributed by atoms with E-state index in [2.05, 4.69) is 4.72 Å². The van der Waals surface area contributed by atoms with Gasteiger partial charge in [0.25, 0.3) is 0 Å². The number of ether oxygens (including phenoxy) is 3. The van der Waals surface area contributed by atoms with Crippen LogP contribution in [-0.2, 0) is 25.2 Å². The zero-order valence-corrected chi connectivity index (χ0v) is 14.1. The lowest BCUT2D eigenvalue weighted by molar-refractivity contribution is -0.160. The Hall–Kier alpha value is -1.15. The molecular formula is C16H23NO5S. The standard InChI is InChI=1S/C16H23NO5S/c1-20-14-6-4-5-13(9-14)12-23(18,19)17-10-15-11-21-16(22-15)7-2-3-8-16/h4-6,9,15,17H,2-3,7-8,10-12H2,1H3. The summed E-state index contributed by atoms with van der Waals surface area (Å²) < 4.78 is 43.9. The van der Waals surface area contributed by atoms with E-state index in [9.17, 15) is 8.42 Å². The molecule has 1 N–H and O–H groups in total. The summed E-state index contributed by atoms with van der Waals surface area (Å²) in [5, 5.41) is 0. The van der Waals surface area contributed by atoms with E-state index in [0.717, 1.165) is 25.7 Å². The summed E-state index contributed by atoms with van der Waals surface area (Å²) in [4.78, 5) is 0. The van der Waals surface area contributed by atoms with Crippen molar-refractivity contribution in [2.45, 2.75) is 43.3 Å². The van der Waals surface area contributed by atoms with Crippen LogP contribution in [0.25, 0.3) is 0 Å². The average molecular weight is 341 g/mol. The van der Waals surface area contributed by atoms with Gasteiger partial charge in [0.2, 0.25) is 10.0 Å². The van der Waals surface area contributed by atoms with Crippen LogP contribution in [0.15, 0.2) is 24.3 Å². The van der Waals surface area contributed by atoms with Crippen LogP contribution in [-0.4, -0.2) is 40.6 Å². The van der Waals surface area contributed by atoms with Crippen molar-refractivity contribution in [3.63, 3.8) is 0 Å². The smallest absolute Gasteiger partial charge is 0.215 e. The Morgan fingerprint density at radius 1 is 1.35 bits per heavy atom. The molecule has 1 aromatic carbocycles. The van der Waals surface area contributed by atoms with Crippen molar-refractivity contribution in [1.29, 1.82) is 0 Å². The van der Waals surface area contributed by atoms with Gasteiger partial charge in [-0.25, -0.2) is 13.1 Å². The van der Waals surface area contributed by atoms with Gasteiger partial charge in [-0.15, -0.1) is 0 Å². The van der Waals surface area contributed by atoms with Gasteiger partial charge in [0, 0.05) is 19.4 Å². The number of hydrogen-bond donors (Lipinski definition) is 1. The van der Waals surface area contributed by atoms with E-state index in [1.165, 1.54) is 0 Å². The minimum absolute atomic E-state index is 0.0804. The minimum atomic E-state index is -3.42. The SMILES string of the molecule is COc1cccc(CS(=O)(=O)NCC2COC3(CCCC3)O2)c1. The van der Waals surface area contributed by atoms with Crippen molar-refractivity contribution in [2.24, 2.45) is 0 Å². The summed E-state index contributed by atoms with van der Waals surface area (Å²) in [6.45, 7) is 0.690. The molecule has 2 aliphatic rings. The molecule has 1 unspecified atom stereocenters. The second kappa shape index (κ2) is 6.76. The number of nitrogens with one attached hydrogen (secondary N) is 1. The third-order valence-electron chi connectivity index (χ3n) is 4.30. The maximum Gasteiger partial charge on any atom is 0.215 e. The van der Waals surface area contributed by atoms with Crippen molar-refractivity contribution in [1.82, 2.24) is 4.72 Å². The molecule has 7 heteroatoms. The van der Waals surface area contributed by atoms with Crippen molar-refractivity contribution in [3.8, 4) is 5.75 Å². The Morgan fingerprint density at radius 2 is 2.13 bits per heavy atom. The van der Waals surface area contributed by atoms with Crippen molar-refractivity contribution >= 4 is 10.0 Å². The van der Waals surface area contributed by atoms with Gasteiger partial charge < -0.3 is 14.2 Å². The second-order valence-electron chi connectivity index (χ2n) is 6.13. The molecule has 2 fully saturated rings. The van der Waals surface area contributed by atoms with Crippen molar-refractivity contribution in [2.75, 3.05) is 20.3 Å². The molecule has 1 spiro atoms. The molecule has 1 saturated carbocycles. The minimum Gasteiger partial charge on any atom is -0.497 e. The monoisotopic (exact) mass is 341 g/mol. The largest absolute Gasteiger partial charge is 0.497 e. The molecular weight excluding hydrogens is 318 g/mol. The molecule has 6 nitrogen and oxygen atoms in total. The summed E-state index contributed by atoms with van der Waals surface area (Å²) in [5.41, 5.74) is 0.688. The zero-order valence-electron chi connectivity index (χ0n) is 13.3. The van der Waals surface area contributed by atoms with Gasteiger partial charge in [-0.1, -0.05) is 12.1 Å². The molecule has 1 aliphatic heterocycles. The Morgan fingerprint density at radius 3 is 2.87 bits per heavy atom. The quantitative estimate of drug-likeness (QED) is 0.854. The summed E-state index contributed by atoms with van der Waals surface area (Å²) >= 11 is 0. The third kappa shape index (κ3) is 4.23. The van der Waals surface area contributed by atoms with Crippen LogP contribution in [0.3, 0.4) is 0 Å². The normalized spacial score (nSPS) is 23.4. The average Bonchev–Trinajstić information content (AvgIpc) is 3.15. The lowest BCUT2D eigenvalue weighted by Gasteiger charge is -2.21. The van der Waals surface area contributed by atoms with Gasteiger partial charge in [-0.3, -0.25) is 0 Å². The van der Waals surface area contributed by atoms with Gasteiger partial charge >= 0.3 is 0 Å². The highest BCUT2D eigenvalue weighted by atomic mass is 32.2. The summed E-state index contributed by atoms with van der Waals surface area (Å²) in [6.07, 6.45) is 3.80. The molecule has 1 aliphatic carbocycles. The van der Waals surface area contributed by atoms with Gasteiger partial charge in [0.05, 0.1) is 25.6 Å². The molecule has 0 aromatic heterocycles. The fourth-order valence-corrected chi connectivity index (χ4v) is 4.31. The van der Waals surface area contributed by atoms with Crippen LogP contribution in [0.4, 0.5) is 0 Å². The van der Waals surface area contributed by atoms with Crippen LogP contribution in [0.1, 0.15) is 31.2 Å². The van der Waals surface area contributed by atoms with Gasteiger partial charge in [0.15, 0.2) is 5.79 Å². The zero-order chi connectivity index (χ0) is 16.3. The Balaban J connectivity index is 1.52. The molecule has 1 atom stereocenters. The van der Waals surface area contributed by atoms with E-state index >= 15 is 0 Å². The van der Waals surface area contributed by atoms with Crippen LogP contribution in [0.2, 0.25) is 0 Å². The predicted molar refractivity (Wildman–Crippen MR) is 85.6 cm³/mol. The molecule has 0 amide bonds. The van der Waals surface area contributed by atoms with Crippen LogP contribution >= 0.6 is 0 Å². The van der Waals surface area contributed by atoms with E-state index in [1.807, 2.05) is 0 Å². The highest BCUT2D eigenvalue weighted by Gasteiger charge is 2.43. The first-order valence-corrected chi connectivity index (χ1v) is 9.58. The molecule has 1 saturated heterocycles. The Labute approximate surface area is 137 Å². The Bertz CT molecular complexity index is 640. The number of hydrogen-bond acceptors (Lipinski definition) is 5. The molecule has 0 bridgehead atoms. The highest BCUT2D eigenvalue weighted by Crippen LogP contribution is 2.39. The first-order valence-electron chi connectivity index (χ1n) is 7.92. The van der Waals surface area contributed by atoms with Gasteiger partial charge in [-0.05, 0) is 30.5 Å². The molecule has 3 rings (SSSR count). The summed E-state index contributed by atoms with van der Waals surface area (Å²) in [7, 11) is -1.87. The molecule has 1 aromatic rings. The fraction of sp³-hybridized carbons (Fsp3) is 0.625. The van der Waals surface area contributed by atoms with Crippen LogP contribution in [0, 0.1) is 0 Å². The van der Waals surface area contributed by atoms with Crippen molar-refractivity contribution < 1.29 is 22.6 Å². The first kappa shape index (κ1) is 16.7. The highest BCUT2D eigenvalue weighted by molar-refractivity contribution is 7.88. The topological polar surface area (TPSA) is 73.9 Å². The number of methoxy groups -OCH3 is 1. The summed E-state index contributed by atoms with van der Waals surface area (Å²) in [5.74, 6) is 0.111. The van der Waals surface area contributed by atoms with Crippen molar-refractivity contribution in [3.05, 3.63) is 29.8 Å². The number of benzene rings is 1. The maximum absolute atomic E-state index is 12.2. The van der Waals surface area contributed by atoms with E-state index in [1.54, 1.807) is 31.4 Å². The fourth-order valence-electron chi connectivity index (χ4n) is 3.15. The van der Waals surface area contributed by atoms with E-state index in [0.29, 0.717) is 17.9 Å². The molecule has 23 heavy (non-hydrogen) atoms. The third-order valence-corrected chi connectivity index (χ3v) is 5.62. The molecule has 128 valence electrons. The first-order chi connectivity index (χ1) is 11.0. The number of sulfonamides is 1. The van der Waals surface area contributed by atoms with E-state index in [-0.39, 0.29) is 18.4 Å². The predicted octanol–water partition coefficient (Wildman–Crippen LogP) is 1.80. The van der Waals surface area contributed by atoms with Gasteiger partial charge in [0.1, 0.15) is 5.75 Å². The number of rotatable bonds is 6. The second-order valence-corrected chi connectivity index (χ2v) is 7.93. The molecule has 1 heterocycles. The molecule has 0 radical (unpaired) electrons. The lowest BCUT2D eigenvalue weighted by Crippen LogP contribution is -2.35. The van der Waals surface area contributed by atoms with Crippen LogP contribution in [0.5, 0.6) is 5.75 Å². The van der Waals surface area contributed by atoms with Gasteiger partial charge in [-0.2, -0.15) is 0 Å². The summed E-state index contributed by atoms with van der Waals surface area (Å²) in [6, 6.07) is 7.06. The lowest BCUT2D eigenvalue weighted by atomic mass is 10.2. The maximum atomic E-state index is 12.2. The van der Waals surface area contributed by atoms with Crippen LogP contribution < -0.4 is 9.46 Å². The van der Waals surface area contributed by atoms with E-state index in [4.69, 9.17) is 14.2 Å². The van der Waals surface area contributed by atoms with E-state index < -0.39 is 15.8 Å².